The van der Waals surface area contributed by atoms with Gasteiger partial charge in [0, 0.05) is 24.7 Å². The van der Waals surface area contributed by atoms with Crippen LogP contribution in [0.25, 0.3) is 0 Å². The quantitative estimate of drug-likeness (QED) is 0.0761. The maximum Gasteiger partial charge on any atom is 0.407 e. The summed E-state index contributed by atoms with van der Waals surface area (Å²) in [5.74, 6) is 0.0358. The van der Waals surface area contributed by atoms with Crippen LogP contribution in [0.15, 0.2) is 103 Å². The molecule has 0 aromatic heterocycles. The second kappa shape index (κ2) is 20.7. The van der Waals surface area contributed by atoms with Crippen molar-refractivity contribution < 1.29 is 38.5 Å². The summed E-state index contributed by atoms with van der Waals surface area (Å²) in [5, 5.41) is 21.5. The minimum atomic E-state index is -0.962. The van der Waals surface area contributed by atoms with Crippen molar-refractivity contribution in [1.82, 2.24) is 21.3 Å². The second-order valence-electron chi connectivity index (χ2n) is 12.8. The zero-order chi connectivity index (χ0) is 38.0. The number of aromatic hydroxyl groups is 1. The minimum Gasteiger partial charge on any atom is -0.507 e. The summed E-state index contributed by atoms with van der Waals surface area (Å²) in [7, 11) is 1.49. The average Bonchev–Trinajstić information content (AvgIpc) is 3.15. The summed E-state index contributed by atoms with van der Waals surface area (Å²) in [6, 6.07) is 28.7. The van der Waals surface area contributed by atoms with Crippen LogP contribution in [0, 0.1) is 5.92 Å². The van der Waals surface area contributed by atoms with E-state index in [1.54, 1.807) is 50.2 Å². The number of carbonyl (C=O) groups excluding carboxylic acids is 4. The number of rotatable bonds is 19. The Hall–Kier alpha value is -6.04. The van der Waals surface area contributed by atoms with Crippen LogP contribution in [0.5, 0.6) is 23.0 Å². The van der Waals surface area contributed by atoms with Crippen LogP contribution in [0.4, 0.5) is 4.79 Å². The summed E-state index contributed by atoms with van der Waals surface area (Å²) >= 11 is 0. The summed E-state index contributed by atoms with van der Waals surface area (Å²) in [5.41, 5.74) is 2.04. The number of methoxy groups -OCH3 is 1. The number of unbranched alkanes of at least 4 members (excludes halogenated alkanes) is 1. The number of hydrogen-bond acceptors (Lipinski definition) is 8. The number of phenols is 1. The smallest absolute Gasteiger partial charge is 0.407 e. The molecule has 0 saturated carbocycles. The van der Waals surface area contributed by atoms with Crippen molar-refractivity contribution in [3.8, 4) is 23.0 Å². The van der Waals surface area contributed by atoms with E-state index in [2.05, 4.69) is 21.3 Å². The van der Waals surface area contributed by atoms with E-state index >= 15 is 0 Å². The van der Waals surface area contributed by atoms with Crippen LogP contribution in [-0.4, -0.2) is 54.7 Å². The lowest BCUT2D eigenvalue weighted by Crippen LogP contribution is -2.55. The van der Waals surface area contributed by atoms with Gasteiger partial charge in [0.05, 0.1) is 13.5 Å². The predicted octanol–water partition coefficient (Wildman–Crippen LogP) is 5.77. The van der Waals surface area contributed by atoms with Gasteiger partial charge in [0.2, 0.25) is 17.7 Å². The molecule has 12 nitrogen and oxygen atoms in total. The Kier molecular flexibility index (Phi) is 15.5. The molecule has 53 heavy (non-hydrogen) atoms. The number of nitrogens with one attached hydrogen (secondary N) is 4. The fourth-order valence-electron chi connectivity index (χ4n) is 5.38. The third kappa shape index (κ3) is 13.6. The van der Waals surface area contributed by atoms with Crippen molar-refractivity contribution in [2.75, 3.05) is 13.7 Å². The zero-order valence-corrected chi connectivity index (χ0v) is 30.3. The fraction of sp³-hybridized carbons (Fsp3) is 0.317. The molecule has 280 valence electrons. The third-order valence-corrected chi connectivity index (χ3v) is 8.29. The van der Waals surface area contributed by atoms with E-state index < -0.39 is 30.0 Å². The summed E-state index contributed by atoms with van der Waals surface area (Å²) in [6.45, 7) is 4.08. The maximum atomic E-state index is 13.7. The minimum absolute atomic E-state index is 0.00989. The molecular formula is C41H48N4O8. The van der Waals surface area contributed by atoms with E-state index in [0.717, 1.165) is 5.56 Å². The first-order valence-electron chi connectivity index (χ1n) is 17.6. The van der Waals surface area contributed by atoms with E-state index in [1.165, 1.54) is 13.2 Å². The maximum absolute atomic E-state index is 13.7. The molecule has 0 spiro atoms. The monoisotopic (exact) mass is 724 g/mol. The molecule has 0 bridgehead atoms. The second-order valence-corrected chi connectivity index (χ2v) is 12.8. The van der Waals surface area contributed by atoms with Gasteiger partial charge in [-0.15, -0.1) is 0 Å². The van der Waals surface area contributed by atoms with Gasteiger partial charge in [0.15, 0.2) is 0 Å². The zero-order valence-electron chi connectivity index (χ0n) is 30.3. The molecule has 0 aliphatic rings. The van der Waals surface area contributed by atoms with Crippen molar-refractivity contribution in [1.29, 1.82) is 0 Å². The normalized spacial score (nSPS) is 11.8. The number of para-hydroxylation sites is 1. The molecule has 5 N–H and O–H groups in total. The van der Waals surface area contributed by atoms with Gasteiger partial charge in [-0.3, -0.25) is 14.4 Å². The molecule has 4 amide bonds. The van der Waals surface area contributed by atoms with Gasteiger partial charge in [-0.25, -0.2) is 4.79 Å². The van der Waals surface area contributed by atoms with Crippen LogP contribution in [0.3, 0.4) is 0 Å². The highest BCUT2D eigenvalue weighted by molar-refractivity contribution is 5.92. The van der Waals surface area contributed by atoms with E-state index in [0.29, 0.717) is 47.8 Å². The van der Waals surface area contributed by atoms with Crippen LogP contribution in [0.2, 0.25) is 0 Å². The average molecular weight is 725 g/mol. The van der Waals surface area contributed by atoms with Gasteiger partial charge < -0.3 is 40.6 Å². The molecule has 0 fully saturated rings. The number of carbonyl (C=O) groups is 4. The van der Waals surface area contributed by atoms with Gasteiger partial charge >= 0.3 is 6.09 Å². The highest BCUT2D eigenvalue weighted by atomic mass is 16.5. The van der Waals surface area contributed by atoms with Gasteiger partial charge in [-0.05, 0) is 72.7 Å². The summed E-state index contributed by atoms with van der Waals surface area (Å²) in [6.07, 6.45) is 0.681. The molecule has 0 heterocycles. The number of amides is 4. The Labute approximate surface area is 310 Å². The van der Waals surface area contributed by atoms with Gasteiger partial charge in [0.1, 0.15) is 41.7 Å². The van der Waals surface area contributed by atoms with Crippen molar-refractivity contribution in [3.63, 3.8) is 0 Å². The van der Waals surface area contributed by atoms with E-state index in [-0.39, 0.29) is 43.6 Å². The number of ether oxygens (including phenoxy) is 3. The lowest BCUT2D eigenvalue weighted by Gasteiger charge is -2.25. The van der Waals surface area contributed by atoms with Crippen molar-refractivity contribution >= 4 is 23.8 Å². The molecule has 0 radical (unpaired) electrons. The Morgan fingerprint density at radius 3 is 2.11 bits per heavy atom. The molecule has 0 saturated heterocycles. The largest absolute Gasteiger partial charge is 0.507 e. The molecule has 0 aliphatic heterocycles. The highest BCUT2D eigenvalue weighted by Gasteiger charge is 2.29. The first-order valence-corrected chi connectivity index (χ1v) is 17.6. The van der Waals surface area contributed by atoms with Crippen LogP contribution in [0.1, 0.15) is 49.8 Å². The molecule has 4 rings (SSSR count). The van der Waals surface area contributed by atoms with Crippen LogP contribution < -0.4 is 30.7 Å². The standard InChI is InChI=1S/C41H48N4O8/c1-28(2)38(40(49)43-26-31-20-21-33(51-3)25-36(31)46)45-39(48)35(19-10-11-22-42-41(50)52-27-29-13-6-4-7-14-29)44-37(47)24-30-15-12-18-34(23-30)53-32-16-8-5-9-17-32/h4-9,12-18,20-21,23,25,28,35,38,46H,10-11,19,22,24,26-27H2,1-3H3,(H,42,50)(H,43,49)(H,44,47)(H,45,48)/t35-,38-/m0/s1. The van der Waals surface area contributed by atoms with Gasteiger partial charge in [0.25, 0.3) is 0 Å². The molecule has 12 heteroatoms. The van der Waals surface area contributed by atoms with Crippen molar-refractivity contribution in [2.45, 2.75) is 64.8 Å². The lowest BCUT2D eigenvalue weighted by atomic mass is 10.0. The highest BCUT2D eigenvalue weighted by Crippen LogP contribution is 2.24. The fourth-order valence-corrected chi connectivity index (χ4v) is 5.38. The first-order chi connectivity index (χ1) is 25.6. The number of phenolic OH excluding ortho intramolecular Hbond substituents is 1. The summed E-state index contributed by atoms with van der Waals surface area (Å²) < 4.78 is 16.3. The van der Waals surface area contributed by atoms with Gasteiger partial charge in [-0.1, -0.05) is 74.5 Å². The number of benzene rings is 4. The predicted molar refractivity (Wildman–Crippen MR) is 200 cm³/mol. The van der Waals surface area contributed by atoms with Gasteiger partial charge in [-0.2, -0.15) is 0 Å². The summed E-state index contributed by atoms with van der Waals surface area (Å²) in [4.78, 5) is 52.6. The van der Waals surface area contributed by atoms with E-state index in [4.69, 9.17) is 14.2 Å². The first kappa shape index (κ1) is 39.7. The SMILES string of the molecule is COc1ccc(CNC(=O)[C@@H](NC(=O)[C@H](CCCCNC(=O)OCc2ccccc2)NC(=O)Cc2cccc(Oc3ccccc3)c2)C(C)C)c(O)c1. The molecule has 4 aromatic rings. The topological polar surface area (TPSA) is 164 Å². The molecule has 4 aromatic carbocycles. The van der Waals surface area contributed by atoms with Crippen LogP contribution in [-0.2, 0) is 38.7 Å². The Morgan fingerprint density at radius 1 is 0.717 bits per heavy atom. The Morgan fingerprint density at radius 2 is 1.42 bits per heavy atom. The molecule has 2 atom stereocenters. The van der Waals surface area contributed by atoms with E-state index in [1.807, 2.05) is 60.7 Å². The number of hydrogen-bond donors (Lipinski definition) is 5. The Balaban J connectivity index is 1.36. The van der Waals surface area contributed by atoms with Crippen molar-refractivity contribution in [3.05, 3.63) is 120 Å². The lowest BCUT2D eigenvalue weighted by molar-refractivity contribution is -0.133. The number of alkyl carbamates (subject to hydrolysis) is 1. The van der Waals surface area contributed by atoms with E-state index in [9.17, 15) is 24.3 Å². The van der Waals surface area contributed by atoms with Crippen LogP contribution >= 0.6 is 0 Å². The Bertz CT molecular complexity index is 1790. The molecule has 0 aliphatic carbocycles. The van der Waals surface area contributed by atoms with Crippen molar-refractivity contribution in [2.24, 2.45) is 5.92 Å². The molecular weight excluding hydrogens is 676 g/mol. The third-order valence-electron chi connectivity index (χ3n) is 8.29. The molecule has 0 unspecified atom stereocenters.